The summed E-state index contributed by atoms with van der Waals surface area (Å²) < 4.78 is 78.1. The molecular weight excluding hydrogens is 1300 g/mol. The molecule has 25 heteroatoms. The van der Waals surface area contributed by atoms with Crippen LogP contribution in [0.15, 0.2) is 255 Å². The van der Waals surface area contributed by atoms with Gasteiger partial charge >= 0.3 is 41.8 Å². The van der Waals surface area contributed by atoms with E-state index in [4.69, 9.17) is 56.8 Å². The highest BCUT2D eigenvalue weighted by atomic mass is 16.8. The molecule has 0 spiro atoms. The number of anilines is 1. The number of carbonyl (C=O) groups is 8. The second kappa shape index (κ2) is 31.6. The summed E-state index contributed by atoms with van der Waals surface area (Å²) in [5, 5.41) is 2.78. The summed E-state index contributed by atoms with van der Waals surface area (Å²) in [6, 6.07) is 64.0. The van der Waals surface area contributed by atoms with Crippen LogP contribution in [-0.2, 0) is 56.8 Å². The summed E-state index contributed by atoms with van der Waals surface area (Å²) in [4.78, 5) is 127. The van der Waals surface area contributed by atoms with Gasteiger partial charge in [0.05, 0.1) is 58.5 Å². The Hall–Kier alpha value is -12.1. The lowest BCUT2D eigenvalue weighted by Gasteiger charge is -2.27. The van der Waals surface area contributed by atoms with Crippen molar-refractivity contribution in [1.29, 1.82) is 0 Å². The molecule has 101 heavy (non-hydrogen) atoms. The molecule has 0 radical (unpaired) electrons. The molecule has 0 aliphatic carbocycles. The lowest BCUT2D eigenvalue weighted by atomic mass is 10.1. The minimum atomic E-state index is -1.76. The van der Waals surface area contributed by atoms with Gasteiger partial charge in [0.25, 0.3) is 5.91 Å². The van der Waals surface area contributed by atoms with Gasteiger partial charge in [-0.05, 0) is 97.1 Å². The number of hydrogen-bond donors (Lipinski definition) is 1. The van der Waals surface area contributed by atoms with Gasteiger partial charge in [-0.15, -0.1) is 0 Å². The number of amides is 1. The fourth-order valence-corrected chi connectivity index (χ4v) is 11.5. The molecule has 1 amide bonds. The summed E-state index contributed by atoms with van der Waals surface area (Å²) in [5.74, 6) is -6.58. The zero-order chi connectivity index (χ0) is 69.6. The van der Waals surface area contributed by atoms with Crippen LogP contribution in [0.1, 0.15) is 89.1 Å². The summed E-state index contributed by atoms with van der Waals surface area (Å²) in [5.41, 5.74) is 1.23. The smallest absolute Gasteiger partial charge is 0.338 e. The van der Waals surface area contributed by atoms with Crippen LogP contribution in [0.4, 0.5) is 5.82 Å². The van der Waals surface area contributed by atoms with Crippen LogP contribution in [0.2, 0.25) is 0 Å². The van der Waals surface area contributed by atoms with Crippen molar-refractivity contribution in [1.82, 2.24) is 19.5 Å². The van der Waals surface area contributed by atoms with Crippen molar-refractivity contribution in [3.05, 3.63) is 300 Å². The summed E-state index contributed by atoms with van der Waals surface area (Å²) in [7, 11) is 0. The average molecular weight is 1360 g/mol. The van der Waals surface area contributed by atoms with Crippen molar-refractivity contribution in [2.75, 3.05) is 25.1 Å². The van der Waals surface area contributed by atoms with Crippen molar-refractivity contribution in [2.24, 2.45) is 0 Å². The van der Waals surface area contributed by atoms with Gasteiger partial charge in [0, 0.05) is 5.56 Å². The van der Waals surface area contributed by atoms with Crippen LogP contribution in [0.25, 0.3) is 11.2 Å². The van der Waals surface area contributed by atoms with E-state index >= 15 is 0 Å². The van der Waals surface area contributed by atoms with Crippen LogP contribution in [0.3, 0.4) is 0 Å². The first-order chi connectivity index (χ1) is 49.4. The third-order valence-corrected chi connectivity index (χ3v) is 16.5. The number of rotatable bonds is 24. The van der Waals surface area contributed by atoms with Crippen LogP contribution >= 0.6 is 0 Å². The molecule has 8 aromatic carbocycles. The Morgan fingerprint density at radius 2 is 0.644 bits per heavy atom. The van der Waals surface area contributed by atoms with Gasteiger partial charge in [-0.25, -0.2) is 48.5 Å². The number of hydrogen-bond acceptors (Lipinski definition) is 23. The fourth-order valence-electron chi connectivity index (χ4n) is 11.5. The van der Waals surface area contributed by atoms with Gasteiger partial charge in [0.2, 0.25) is 0 Å². The molecule has 25 nitrogen and oxygen atoms in total. The number of fused-ring (bicyclic) bond motifs is 1. The highest BCUT2D eigenvalue weighted by molar-refractivity contribution is 6.06. The molecule has 3 aliphatic rings. The molecule has 10 aromatic rings. The van der Waals surface area contributed by atoms with Gasteiger partial charge < -0.3 is 62.2 Å². The quantitative estimate of drug-likeness (QED) is 0.0434. The zero-order valence-electron chi connectivity index (χ0n) is 53.3. The van der Waals surface area contributed by atoms with Crippen LogP contribution < -0.4 is 5.32 Å². The monoisotopic (exact) mass is 1360 g/mol. The Morgan fingerprint density at radius 3 is 1.02 bits per heavy atom. The Morgan fingerprint density at radius 1 is 0.337 bits per heavy atom. The molecule has 2 aromatic heterocycles. The van der Waals surface area contributed by atoms with E-state index in [9.17, 15) is 38.4 Å². The van der Waals surface area contributed by atoms with Gasteiger partial charge in [-0.1, -0.05) is 146 Å². The molecule has 0 bridgehead atoms. The average Bonchev–Trinajstić information content (AvgIpc) is 1.61. The van der Waals surface area contributed by atoms with Crippen LogP contribution in [0, 0.1) is 0 Å². The van der Waals surface area contributed by atoms with Crippen LogP contribution in [0.5, 0.6) is 0 Å². The first kappa shape index (κ1) is 67.4. The van der Waals surface area contributed by atoms with E-state index in [1.807, 2.05) is 0 Å². The third kappa shape index (κ3) is 15.9. The predicted molar refractivity (Wildman–Crippen MR) is 353 cm³/mol. The van der Waals surface area contributed by atoms with Gasteiger partial charge in [-0.2, -0.15) is 0 Å². The second-order valence-electron chi connectivity index (χ2n) is 23.1. The minimum absolute atomic E-state index is 0.0135. The van der Waals surface area contributed by atoms with Crippen molar-refractivity contribution in [3.63, 3.8) is 0 Å². The maximum absolute atomic E-state index is 14.5. The van der Waals surface area contributed by atoms with Gasteiger partial charge in [0.1, 0.15) is 31.2 Å². The molecular formula is C76H61N5O20. The zero-order valence-corrected chi connectivity index (χ0v) is 53.3. The summed E-state index contributed by atoms with van der Waals surface area (Å²) in [6.07, 6.45) is -16.5. The first-order valence-corrected chi connectivity index (χ1v) is 31.9. The lowest BCUT2D eigenvalue weighted by Crippen LogP contribution is -2.45. The largest absolute Gasteiger partial charge is 0.459 e. The van der Waals surface area contributed by atoms with Crippen LogP contribution in [-0.4, -0.2) is 155 Å². The Kier molecular flexibility index (Phi) is 21.1. The van der Waals surface area contributed by atoms with E-state index in [1.54, 1.807) is 158 Å². The Balaban J connectivity index is 0.857. The lowest BCUT2D eigenvalue weighted by molar-refractivity contribution is -0.213. The molecule has 0 unspecified atom stereocenters. The number of nitrogens with zero attached hydrogens (tertiary/aromatic N) is 4. The molecule has 0 saturated carbocycles. The number of ether oxygens (including phenoxy) is 12. The molecule has 3 aliphatic heterocycles. The fraction of sp³-hybridized carbons (Fsp3) is 0.197. The molecule has 13 rings (SSSR count). The Bertz CT molecular complexity index is 4530. The third-order valence-electron chi connectivity index (χ3n) is 16.5. The number of carbonyl (C=O) groups excluding carboxylic acids is 8. The number of imidazole rings is 1. The van der Waals surface area contributed by atoms with E-state index in [0.29, 0.717) is 5.56 Å². The van der Waals surface area contributed by atoms with Gasteiger partial charge in [0.15, 0.2) is 72.4 Å². The molecule has 3 saturated heterocycles. The number of benzene rings is 8. The second-order valence-corrected chi connectivity index (χ2v) is 23.1. The maximum atomic E-state index is 14.5. The van der Waals surface area contributed by atoms with Crippen molar-refractivity contribution in [3.8, 4) is 0 Å². The predicted octanol–water partition coefficient (Wildman–Crippen LogP) is 9.67. The Labute approximate surface area is 575 Å². The minimum Gasteiger partial charge on any atom is -0.459 e. The molecule has 12 atom stereocenters. The van der Waals surface area contributed by atoms with Gasteiger partial charge in [-0.3, -0.25) is 9.36 Å². The summed E-state index contributed by atoms with van der Waals surface area (Å²) >= 11 is 0. The highest BCUT2D eigenvalue weighted by Crippen LogP contribution is 2.40. The standard InChI is InChI=1S/C76H61N5O20/c82-66(46-25-9-1-10-26-46)80-64-57-65(78-44-77-64)81(45-79-57)67-61(99-72(87)51-35-19-6-20-36-51)58(96-69(84)48-29-13-3-14-30-48)54(93-67)42-91-75-63(101-74(89)53-39-23-8-24-40-53)60(98-71(86)50-33-17-5-18-34-50)56(95-75)43-92-76-62(100-73(88)52-37-21-7-22-38-52)59(97-70(85)49-31-15-4-16-32-49)55(94-76)41-90-68(83)47-27-11-2-12-28-47/h1-40,44-45,54-56,58-63,67,75-76H,41-43H2,(H,77,78,80,82)/t54-,55-,56-,58-,59-,60-,61-,62-,63-,67-,75-,76-/m1/s1. The number of esters is 7. The summed E-state index contributed by atoms with van der Waals surface area (Å²) in [6.45, 7) is -1.89. The van der Waals surface area contributed by atoms with E-state index in [0.717, 1.165) is 0 Å². The normalized spacial score (nSPS) is 22.1. The first-order valence-electron chi connectivity index (χ1n) is 31.9. The maximum Gasteiger partial charge on any atom is 0.338 e. The molecule has 5 heterocycles. The van der Waals surface area contributed by atoms with E-state index in [1.165, 1.54) is 102 Å². The van der Waals surface area contributed by atoms with Crippen molar-refractivity contribution in [2.45, 2.75) is 73.7 Å². The van der Waals surface area contributed by atoms with E-state index in [2.05, 4.69) is 20.3 Å². The number of nitrogens with one attached hydrogen (secondary N) is 1. The van der Waals surface area contributed by atoms with E-state index < -0.39 is 141 Å². The van der Waals surface area contributed by atoms with E-state index in [-0.39, 0.29) is 55.9 Å². The molecule has 3 fully saturated rings. The molecule has 510 valence electrons. The molecule has 1 N–H and O–H groups in total. The van der Waals surface area contributed by atoms with Crippen molar-refractivity contribution < 1.29 is 95.2 Å². The number of aromatic nitrogens is 4. The SMILES string of the molecule is O=C(Nc1ncnc2c1ncn2[C@@H]1O[C@H](CO[C@@H]2O[C@H](CO[C@@H]3O[C@H](COC(=O)c4ccccc4)[C@@H](OC(=O)c4ccccc4)[C@H]3OC(=O)c3ccccc3)[C@@H](OC(=O)c3ccccc3)[C@H]2OC(=O)c2ccccc2)[C@@H](OC(=O)c2ccccc2)[C@H]1OC(=O)c1ccccc1)c1ccccc1. The van der Waals surface area contributed by atoms with Crippen molar-refractivity contribution >= 4 is 64.7 Å². The topological polar surface area (TPSA) is 303 Å². The highest BCUT2D eigenvalue weighted by Gasteiger charge is 2.57.